The van der Waals surface area contributed by atoms with Crippen LogP contribution in [0.4, 0.5) is 0 Å². The van der Waals surface area contributed by atoms with Crippen LogP contribution in [0.25, 0.3) is 77.2 Å². The molecule has 4 aliphatic carbocycles. The Balaban J connectivity index is 1.49. The molecular weight excluding hydrogens is 516 g/mol. The Morgan fingerprint density at radius 1 is 0.465 bits per heavy atom. The van der Waals surface area contributed by atoms with Crippen molar-refractivity contribution in [3.8, 4) is 44.5 Å². The van der Waals surface area contributed by atoms with Crippen molar-refractivity contribution in [3.05, 3.63) is 156 Å². The van der Waals surface area contributed by atoms with Crippen LogP contribution in [0.5, 0.6) is 0 Å². The molecule has 0 amide bonds. The van der Waals surface area contributed by atoms with Crippen LogP contribution >= 0.6 is 0 Å². The van der Waals surface area contributed by atoms with Gasteiger partial charge in [0.05, 0.1) is 0 Å². The predicted molar refractivity (Wildman–Crippen MR) is 183 cm³/mol. The summed E-state index contributed by atoms with van der Waals surface area (Å²) in [6.45, 7) is 2.20. The number of rotatable bonds is 2. The van der Waals surface area contributed by atoms with E-state index in [0.29, 0.717) is 11.8 Å². The molecule has 10 rings (SSSR count). The standard InChI is InChI=1S/C43H28/c1-25-21-22-29-34(23-25)30-17-10-20-33-40(30)35(29)24-36-38(27-11-4-2-5-12-27)42-31-18-8-15-26-16-9-19-32(37(26)31)43(42)39(41(33)36)28-13-6-3-7-14-28/h2-24,26,37H,1H3. The van der Waals surface area contributed by atoms with Crippen molar-refractivity contribution in [1.29, 1.82) is 0 Å². The van der Waals surface area contributed by atoms with Gasteiger partial charge in [0.1, 0.15) is 0 Å². The molecule has 0 aliphatic heterocycles. The van der Waals surface area contributed by atoms with Crippen LogP contribution in [0, 0.1) is 18.8 Å². The average Bonchev–Trinajstić information content (AvgIpc) is 3.55. The fraction of sp³-hybridized carbons (Fsp3) is 0.0698. The highest BCUT2D eigenvalue weighted by Gasteiger charge is 2.42. The summed E-state index contributed by atoms with van der Waals surface area (Å²) < 4.78 is 0. The number of hydrogen-bond acceptors (Lipinski definition) is 0. The number of aryl methyl sites for hydroxylation is 1. The molecular formula is C43H28. The van der Waals surface area contributed by atoms with E-state index >= 15 is 0 Å². The van der Waals surface area contributed by atoms with Gasteiger partial charge in [0.2, 0.25) is 0 Å². The molecule has 6 aromatic carbocycles. The first-order valence-corrected chi connectivity index (χ1v) is 15.4. The smallest absolute Gasteiger partial charge is 0.0200 e. The molecule has 43 heavy (non-hydrogen) atoms. The molecule has 0 heterocycles. The molecule has 0 spiro atoms. The van der Waals surface area contributed by atoms with Crippen LogP contribution in [-0.2, 0) is 0 Å². The minimum atomic E-state index is 0.352. The molecule has 0 N–H and O–H groups in total. The van der Waals surface area contributed by atoms with E-state index in [1.54, 1.807) is 0 Å². The lowest BCUT2D eigenvalue weighted by Crippen LogP contribution is -2.14. The maximum atomic E-state index is 2.53. The molecule has 0 fully saturated rings. The van der Waals surface area contributed by atoms with E-state index in [-0.39, 0.29) is 0 Å². The van der Waals surface area contributed by atoms with Gasteiger partial charge in [-0.1, -0.05) is 139 Å². The molecule has 0 saturated heterocycles. The zero-order valence-corrected chi connectivity index (χ0v) is 23.9. The average molecular weight is 545 g/mol. The highest BCUT2D eigenvalue weighted by Crippen LogP contribution is 2.61. The van der Waals surface area contributed by atoms with Crippen LogP contribution in [0.2, 0.25) is 0 Å². The van der Waals surface area contributed by atoms with E-state index in [0.717, 1.165) is 0 Å². The molecule has 0 aromatic heterocycles. The van der Waals surface area contributed by atoms with Gasteiger partial charge in [0.15, 0.2) is 0 Å². The lowest BCUT2D eigenvalue weighted by molar-refractivity contribution is 0.707. The van der Waals surface area contributed by atoms with E-state index in [1.807, 2.05) is 0 Å². The fourth-order valence-electron chi connectivity index (χ4n) is 8.52. The third kappa shape index (κ3) is 3.00. The highest BCUT2D eigenvalue weighted by molar-refractivity contribution is 6.31. The first-order chi connectivity index (χ1) is 21.3. The van der Waals surface area contributed by atoms with Crippen molar-refractivity contribution in [2.24, 2.45) is 11.8 Å². The predicted octanol–water partition coefficient (Wildman–Crippen LogP) is 11.4. The zero-order chi connectivity index (χ0) is 28.2. The summed E-state index contributed by atoms with van der Waals surface area (Å²) in [6, 6.07) is 38.7. The summed E-state index contributed by atoms with van der Waals surface area (Å²) in [7, 11) is 0. The number of fused-ring (bicyclic) bond motifs is 8. The second kappa shape index (κ2) is 8.43. The Bertz CT molecular complexity index is 2320. The second-order valence-electron chi connectivity index (χ2n) is 12.4. The van der Waals surface area contributed by atoms with Crippen LogP contribution < -0.4 is 0 Å². The number of allylic oxidation sites excluding steroid dienone is 8. The highest BCUT2D eigenvalue weighted by atomic mass is 14.4. The van der Waals surface area contributed by atoms with Gasteiger partial charge in [-0.25, -0.2) is 0 Å². The van der Waals surface area contributed by atoms with Gasteiger partial charge in [-0.15, -0.1) is 0 Å². The lowest BCUT2D eigenvalue weighted by atomic mass is 9.77. The zero-order valence-electron chi connectivity index (χ0n) is 23.9. The van der Waals surface area contributed by atoms with Crippen molar-refractivity contribution in [2.45, 2.75) is 6.92 Å². The van der Waals surface area contributed by atoms with E-state index in [2.05, 4.69) is 147 Å². The normalized spacial score (nSPS) is 18.4. The molecule has 0 nitrogen and oxygen atoms in total. The van der Waals surface area contributed by atoms with Crippen molar-refractivity contribution < 1.29 is 0 Å². The summed E-state index contributed by atoms with van der Waals surface area (Å²) in [6.07, 6.45) is 14.1. The number of hydrogen-bond donors (Lipinski definition) is 0. The topological polar surface area (TPSA) is 0 Å². The van der Waals surface area contributed by atoms with Crippen LogP contribution in [0.3, 0.4) is 0 Å². The molecule has 2 atom stereocenters. The van der Waals surface area contributed by atoms with Gasteiger partial charge in [0.25, 0.3) is 0 Å². The van der Waals surface area contributed by atoms with Gasteiger partial charge in [-0.3, -0.25) is 0 Å². The van der Waals surface area contributed by atoms with Crippen LogP contribution in [0.1, 0.15) is 16.7 Å². The maximum absolute atomic E-state index is 2.53. The third-order valence-corrected chi connectivity index (χ3v) is 10.2. The van der Waals surface area contributed by atoms with E-state index in [4.69, 9.17) is 0 Å². The number of benzene rings is 6. The molecule has 0 radical (unpaired) electrons. The van der Waals surface area contributed by atoms with Crippen LogP contribution in [0.15, 0.2) is 140 Å². The Labute approximate surface area is 251 Å². The molecule has 2 unspecified atom stereocenters. The molecule has 200 valence electrons. The molecule has 0 heteroatoms. The Hall–Kier alpha value is -5.20. The van der Waals surface area contributed by atoms with Gasteiger partial charge in [-0.05, 0) is 101 Å². The van der Waals surface area contributed by atoms with Gasteiger partial charge in [0, 0.05) is 11.8 Å². The van der Waals surface area contributed by atoms with Crippen molar-refractivity contribution in [3.63, 3.8) is 0 Å². The molecule has 0 saturated carbocycles. The molecule has 6 aromatic rings. The van der Waals surface area contributed by atoms with Gasteiger partial charge >= 0.3 is 0 Å². The van der Waals surface area contributed by atoms with E-state index in [9.17, 15) is 0 Å². The van der Waals surface area contributed by atoms with Crippen LogP contribution in [-0.4, -0.2) is 0 Å². The summed E-state index contributed by atoms with van der Waals surface area (Å²) >= 11 is 0. The monoisotopic (exact) mass is 544 g/mol. The fourth-order valence-corrected chi connectivity index (χ4v) is 8.52. The summed E-state index contributed by atoms with van der Waals surface area (Å²) in [5, 5.41) is 5.45. The van der Waals surface area contributed by atoms with Crippen molar-refractivity contribution >= 4 is 32.7 Å². The lowest BCUT2D eigenvalue weighted by Gasteiger charge is -2.26. The summed E-state index contributed by atoms with van der Waals surface area (Å²) in [5.74, 6) is 0.736. The summed E-state index contributed by atoms with van der Waals surface area (Å²) in [4.78, 5) is 0. The van der Waals surface area contributed by atoms with Gasteiger partial charge in [-0.2, -0.15) is 0 Å². The largest absolute Gasteiger partial charge is 0.0767 e. The van der Waals surface area contributed by atoms with E-state index in [1.165, 1.54) is 93.9 Å². The SMILES string of the molecule is Cc1ccc2c(c1)-c1cccc3c1c-2cc1c(-c2ccccc2)c2c(c(-c4ccccc4)c13)C1=CC=CC3C=CC=C2C13. The van der Waals surface area contributed by atoms with Crippen molar-refractivity contribution in [2.75, 3.05) is 0 Å². The Morgan fingerprint density at radius 3 is 1.86 bits per heavy atom. The second-order valence-corrected chi connectivity index (χ2v) is 12.4. The Morgan fingerprint density at radius 2 is 1.14 bits per heavy atom. The maximum Gasteiger partial charge on any atom is 0.0200 e. The first-order valence-electron chi connectivity index (χ1n) is 15.4. The first kappa shape index (κ1) is 23.4. The minimum absolute atomic E-state index is 0.352. The minimum Gasteiger partial charge on any atom is -0.0767 e. The Kier molecular flexibility index (Phi) is 4.58. The quantitative estimate of drug-likeness (QED) is 0.190. The molecule has 0 bridgehead atoms. The van der Waals surface area contributed by atoms with Gasteiger partial charge < -0.3 is 0 Å². The third-order valence-electron chi connectivity index (χ3n) is 10.2. The van der Waals surface area contributed by atoms with Crippen molar-refractivity contribution in [1.82, 2.24) is 0 Å². The summed E-state index contributed by atoms with van der Waals surface area (Å²) in [5.41, 5.74) is 17.8. The van der Waals surface area contributed by atoms with E-state index < -0.39 is 0 Å². The molecule has 4 aliphatic rings.